The van der Waals surface area contributed by atoms with E-state index in [0.29, 0.717) is 0 Å². The van der Waals surface area contributed by atoms with Crippen molar-refractivity contribution in [2.24, 2.45) is 0 Å². The number of nitrogens with zero attached hydrogens (tertiary/aromatic N) is 2. The molecule has 2 aromatic carbocycles. The Morgan fingerprint density at radius 1 is 1.00 bits per heavy atom. The van der Waals surface area contributed by atoms with Gasteiger partial charge in [0.2, 0.25) is 5.91 Å². The molecule has 2 aromatic rings. The molecule has 1 atom stereocenters. The van der Waals surface area contributed by atoms with Crippen molar-refractivity contribution in [1.82, 2.24) is 4.90 Å². The van der Waals surface area contributed by atoms with Crippen molar-refractivity contribution in [3.63, 3.8) is 0 Å². The molecule has 7 heteroatoms. The van der Waals surface area contributed by atoms with Crippen LogP contribution in [-0.2, 0) is 16.1 Å². The fourth-order valence-corrected chi connectivity index (χ4v) is 4.00. The Kier molecular flexibility index (Phi) is 5.00. The number of hydrogen-bond acceptors (Lipinski definition) is 4. The largest absolute Gasteiger partial charge is 0.508 e. The lowest BCUT2D eigenvalue weighted by molar-refractivity contribution is -0.915. The Balaban J connectivity index is 1.37. The van der Waals surface area contributed by atoms with Crippen LogP contribution >= 0.6 is 0 Å². The maximum atomic E-state index is 13.1. The summed E-state index contributed by atoms with van der Waals surface area (Å²) in [4.78, 5) is 29.9. The molecule has 2 amide bonds. The zero-order valence-corrected chi connectivity index (χ0v) is 15.5. The first-order valence-electron chi connectivity index (χ1n) is 9.48. The fourth-order valence-electron chi connectivity index (χ4n) is 4.00. The van der Waals surface area contributed by atoms with E-state index < -0.39 is 0 Å². The SMILES string of the molecule is O=C1C[C@@H]([NH+]2CCN(c3ccc(O)cc3)CC2)C(=O)N1Cc1ccc(F)cc1. The number of carbonyl (C=O) groups is 2. The van der Waals surface area contributed by atoms with E-state index in [-0.39, 0.29) is 42.4 Å². The summed E-state index contributed by atoms with van der Waals surface area (Å²) in [7, 11) is 0. The highest BCUT2D eigenvalue weighted by atomic mass is 19.1. The summed E-state index contributed by atoms with van der Waals surface area (Å²) in [5, 5.41) is 9.42. The van der Waals surface area contributed by atoms with Gasteiger partial charge in [-0.25, -0.2) is 4.39 Å². The van der Waals surface area contributed by atoms with Crippen LogP contribution in [0.5, 0.6) is 5.75 Å². The number of imide groups is 1. The molecule has 0 radical (unpaired) electrons. The van der Waals surface area contributed by atoms with Crippen molar-refractivity contribution < 1.29 is 24.0 Å². The van der Waals surface area contributed by atoms with E-state index in [1.54, 1.807) is 24.3 Å². The molecule has 2 aliphatic heterocycles. The summed E-state index contributed by atoms with van der Waals surface area (Å²) in [5.41, 5.74) is 1.79. The van der Waals surface area contributed by atoms with Gasteiger partial charge in [-0.3, -0.25) is 14.5 Å². The Morgan fingerprint density at radius 3 is 2.29 bits per heavy atom. The van der Waals surface area contributed by atoms with Gasteiger partial charge in [0.15, 0.2) is 6.04 Å². The van der Waals surface area contributed by atoms with Gasteiger partial charge >= 0.3 is 0 Å². The maximum absolute atomic E-state index is 13.1. The topological polar surface area (TPSA) is 65.3 Å². The Bertz CT molecular complexity index is 861. The first-order valence-corrected chi connectivity index (χ1v) is 9.48. The third-order valence-electron chi connectivity index (χ3n) is 5.61. The van der Waals surface area contributed by atoms with Crippen LogP contribution in [0, 0.1) is 5.82 Å². The smallest absolute Gasteiger partial charge is 0.288 e. The predicted molar refractivity (Wildman–Crippen MR) is 101 cm³/mol. The van der Waals surface area contributed by atoms with E-state index >= 15 is 0 Å². The average molecular weight is 384 g/mol. The fraction of sp³-hybridized carbons (Fsp3) is 0.333. The lowest BCUT2D eigenvalue weighted by Gasteiger charge is -2.35. The van der Waals surface area contributed by atoms with E-state index in [1.807, 2.05) is 12.1 Å². The molecule has 146 valence electrons. The van der Waals surface area contributed by atoms with Crippen molar-refractivity contribution in [1.29, 1.82) is 0 Å². The van der Waals surface area contributed by atoms with Crippen LogP contribution < -0.4 is 9.80 Å². The molecular formula is C21H23FN3O3+. The zero-order valence-electron chi connectivity index (χ0n) is 15.5. The minimum Gasteiger partial charge on any atom is -0.508 e. The number of aromatic hydroxyl groups is 1. The number of likely N-dealkylation sites (tertiary alicyclic amines) is 1. The molecule has 4 rings (SSSR count). The Hall–Kier alpha value is -2.93. The summed E-state index contributed by atoms with van der Waals surface area (Å²) in [6.45, 7) is 3.32. The van der Waals surface area contributed by atoms with Crippen molar-refractivity contribution in [2.45, 2.75) is 19.0 Å². The molecular weight excluding hydrogens is 361 g/mol. The van der Waals surface area contributed by atoms with Crippen LogP contribution in [0.15, 0.2) is 48.5 Å². The summed E-state index contributed by atoms with van der Waals surface area (Å²) in [6.07, 6.45) is 0.231. The van der Waals surface area contributed by atoms with E-state index in [0.717, 1.165) is 42.3 Å². The van der Waals surface area contributed by atoms with Gasteiger partial charge in [0.25, 0.3) is 5.91 Å². The van der Waals surface area contributed by atoms with Crippen LogP contribution in [0.3, 0.4) is 0 Å². The number of halogens is 1. The van der Waals surface area contributed by atoms with Crippen molar-refractivity contribution in [3.05, 3.63) is 59.9 Å². The number of hydrogen-bond donors (Lipinski definition) is 2. The van der Waals surface area contributed by atoms with Gasteiger partial charge in [-0.2, -0.15) is 0 Å². The van der Waals surface area contributed by atoms with Crippen molar-refractivity contribution in [3.8, 4) is 5.75 Å². The second-order valence-electron chi connectivity index (χ2n) is 7.36. The average Bonchev–Trinajstić information content (AvgIpc) is 2.99. The number of anilines is 1. The van der Waals surface area contributed by atoms with Gasteiger partial charge in [0.1, 0.15) is 11.6 Å². The summed E-state index contributed by atoms with van der Waals surface area (Å²) >= 11 is 0. The standard InChI is InChI=1S/C21H22FN3O3/c22-16-3-1-15(2-4-16)14-25-20(27)13-19(21(25)28)24-11-9-23(10-12-24)17-5-7-18(26)8-6-17/h1-8,19,26H,9-14H2/p+1/t19-/m1/s1. The van der Waals surface area contributed by atoms with Gasteiger partial charge in [0, 0.05) is 5.69 Å². The lowest BCUT2D eigenvalue weighted by Crippen LogP contribution is -3.19. The second kappa shape index (κ2) is 7.59. The first kappa shape index (κ1) is 18.4. The van der Waals surface area contributed by atoms with E-state index in [9.17, 15) is 19.1 Å². The van der Waals surface area contributed by atoms with E-state index in [1.165, 1.54) is 17.0 Å². The normalized spacial score (nSPS) is 20.8. The van der Waals surface area contributed by atoms with Gasteiger partial charge in [-0.05, 0) is 42.0 Å². The molecule has 0 aromatic heterocycles. The first-order chi connectivity index (χ1) is 13.5. The molecule has 2 saturated heterocycles. The molecule has 28 heavy (non-hydrogen) atoms. The minimum atomic E-state index is -0.338. The molecule has 0 aliphatic carbocycles. The number of nitrogens with one attached hydrogen (secondary N) is 1. The molecule has 6 nitrogen and oxygen atoms in total. The van der Waals surface area contributed by atoms with Crippen molar-refractivity contribution in [2.75, 3.05) is 31.1 Å². The van der Waals surface area contributed by atoms with Crippen LogP contribution in [0.2, 0.25) is 0 Å². The number of rotatable bonds is 4. The molecule has 2 aliphatic rings. The number of phenols is 1. The van der Waals surface area contributed by atoms with Gasteiger partial charge in [-0.1, -0.05) is 12.1 Å². The van der Waals surface area contributed by atoms with E-state index in [2.05, 4.69) is 4.90 Å². The van der Waals surface area contributed by atoms with Gasteiger partial charge < -0.3 is 14.9 Å². The van der Waals surface area contributed by atoms with Crippen LogP contribution in [0.1, 0.15) is 12.0 Å². The Morgan fingerprint density at radius 2 is 1.64 bits per heavy atom. The number of amides is 2. The number of piperazine rings is 1. The highest BCUT2D eigenvalue weighted by molar-refractivity contribution is 6.04. The number of quaternary nitrogens is 1. The van der Waals surface area contributed by atoms with Crippen LogP contribution in [-0.4, -0.2) is 54.0 Å². The van der Waals surface area contributed by atoms with Crippen LogP contribution in [0.25, 0.3) is 0 Å². The summed E-state index contributed by atoms with van der Waals surface area (Å²) in [5.74, 6) is -0.392. The third-order valence-corrected chi connectivity index (χ3v) is 5.61. The number of carbonyl (C=O) groups excluding carboxylic acids is 2. The lowest BCUT2D eigenvalue weighted by atomic mass is 10.1. The minimum absolute atomic E-state index is 0.137. The quantitative estimate of drug-likeness (QED) is 0.757. The van der Waals surface area contributed by atoms with Crippen LogP contribution in [0.4, 0.5) is 10.1 Å². The molecule has 0 spiro atoms. The third kappa shape index (κ3) is 3.71. The predicted octanol–water partition coefficient (Wildman–Crippen LogP) is 0.564. The monoisotopic (exact) mass is 384 g/mol. The second-order valence-corrected chi connectivity index (χ2v) is 7.36. The molecule has 2 heterocycles. The molecule has 0 saturated carbocycles. The van der Waals surface area contributed by atoms with E-state index in [4.69, 9.17) is 0 Å². The van der Waals surface area contributed by atoms with Gasteiger partial charge in [0.05, 0.1) is 39.1 Å². The zero-order chi connectivity index (χ0) is 19.7. The highest BCUT2D eigenvalue weighted by Crippen LogP contribution is 2.19. The number of benzene rings is 2. The maximum Gasteiger partial charge on any atom is 0.288 e. The Labute approximate surface area is 162 Å². The highest BCUT2D eigenvalue weighted by Gasteiger charge is 2.45. The number of phenolic OH excluding ortho intramolecular Hbond substituents is 1. The van der Waals surface area contributed by atoms with Crippen molar-refractivity contribution >= 4 is 17.5 Å². The molecule has 0 bridgehead atoms. The molecule has 2 N–H and O–H groups in total. The van der Waals surface area contributed by atoms with Gasteiger partial charge in [-0.15, -0.1) is 0 Å². The molecule has 2 fully saturated rings. The summed E-state index contributed by atoms with van der Waals surface area (Å²) in [6, 6.07) is 12.7. The summed E-state index contributed by atoms with van der Waals surface area (Å²) < 4.78 is 13.1. The molecule has 0 unspecified atom stereocenters.